The Kier molecular flexibility index (Phi) is 8.48. The van der Waals surface area contributed by atoms with Crippen LogP contribution in [0, 0.1) is 10.1 Å². The van der Waals surface area contributed by atoms with Gasteiger partial charge in [-0.25, -0.2) is 5.43 Å². The first-order valence-corrected chi connectivity index (χ1v) is 12.3. The number of carbonyl (C=O) groups is 1. The Hall–Kier alpha value is -4.24. The number of nitrogens with zero attached hydrogens (tertiary/aromatic N) is 2. The number of nitrogens with one attached hydrogen (secondary N) is 1. The third kappa shape index (κ3) is 6.71. The smallest absolute Gasteiger partial charge is 0.269 e. The first-order valence-electron chi connectivity index (χ1n) is 11.6. The largest absolute Gasteiger partial charge is 0.490 e. The third-order valence-electron chi connectivity index (χ3n) is 5.50. The number of fused-ring (bicyclic) bond motifs is 1. The van der Waals surface area contributed by atoms with E-state index in [2.05, 4.69) is 26.5 Å². The molecule has 0 spiro atoms. The van der Waals surface area contributed by atoms with Gasteiger partial charge in [-0.15, -0.1) is 0 Å². The lowest BCUT2D eigenvalue weighted by Gasteiger charge is -2.14. The van der Waals surface area contributed by atoms with Crippen molar-refractivity contribution in [3.63, 3.8) is 0 Å². The molecule has 0 aromatic heterocycles. The summed E-state index contributed by atoms with van der Waals surface area (Å²) in [5.41, 5.74) is 5.01. The second-order valence-electron chi connectivity index (χ2n) is 8.08. The molecule has 0 fully saturated rings. The summed E-state index contributed by atoms with van der Waals surface area (Å²) in [4.78, 5) is 22.9. The first kappa shape index (κ1) is 25.8. The van der Waals surface area contributed by atoms with Crippen LogP contribution >= 0.6 is 15.9 Å². The van der Waals surface area contributed by atoms with E-state index < -0.39 is 4.92 Å². The zero-order valence-electron chi connectivity index (χ0n) is 20.0. The van der Waals surface area contributed by atoms with Crippen LogP contribution in [0.3, 0.4) is 0 Å². The summed E-state index contributed by atoms with van der Waals surface area (Å²) in [6, 6.07) is 23.6. The minimum Gasteiger partial charge on any atom is -0.490 e. The van der Waals surface area contributed by atoms with Crippen LogP contribution in [0.25, 0.3) is 10.8 Å². The van der Waals surface area contributed by atoms with Crippen molar-refractivity contribution >= 4 is 44.5 Å². The maximum Gasteiger partial charge on any atom is 0.269 e. The summed E-state index contributed by atoms with van der Waals surface area (Å²) in [5.74, 6) is 0.777. The molecule has 0 aliphatic heterocycles. The molecule has 37 heavy (non-hydrogen) atoms. The molecule has 4 aromatic rings. The Labute approximate surface area is 222 Å². The molecule has 0 saturated carbocycles. The van der Waals surface area contributed by atoms with Gasteiger partial charge < -0.3 is 9.47 Å². The Balaban J connectivity index is 1.42. The van der Waals surface area contributed by atoms with E-state index in [-0.39, 0.29) is 24.6 Å². The van der Waals surface area contributed by atoms with Crippen molar-refractivity contribution < 1.29 is 19.2 Å². The van der Waals surface area contributed by atoms with Crippen molar-refractivity contribution in [3.8, 4) is 11.5 Å². The number of ether oxygens (including phenoxy) is 2. The fraction of sp³-hybridized carbons (Fsp3) is 0.143. The van der Waals surface area contributed by atoms with E-state index in [9.17, 15) is 14.9 Å². The highest BCUT2D eigenvalue weighted by molar-refractivity contribution is 9.10. The molecular weight excluding hydrogens is 538 g/mol. The summed E-state index contributed by atoms with van der Waals surface area (Å²) in [6.07, 6.45) is 1.75. The maximum atomic E-state index is 12.5. The number of non-ortho nitro benzene ring substituents is 1. The van der Waals surface area contributed by atoms with E-state index in [1.165, 1.54) is 18.3 Å². The average Bonchev–Trinajstić information content (AvgIpc) is 2.89. The highest BCUT2D eigenvalue weighted by Crippen LogP contribution is 2.37. The summed E-state index contributed by atoms with van der Waals surface area (Å²) >= 11 is 3.52. The van der Waals surface area contributed by atoms with Crippen molar-refractivity contribution in [1.29, 1.82) is 0 Å². The molecule has 8 nitrogen and oxygen atoms in total. The van der Waals surface area contributed by atoms with Gasteiger partial charge in [0.1, 0.15) is 6.61 Å². The fourth-order valence-corrected chi connectivity index (χ4v) is 4.35. The molecule has 0 saturated heterocycles. The van der Waals surface area contributed by atoms with Gasteiger partial charge in [0.05, 0.1) is 28.6 Å². The van der Waals surface area contributed by atoms with Crippen LogP contribution in [0.4, 0.5) is 5.69 Å². The van der Waals surface area contributed by atoms with Crippen molar-refractivity contribution in [2.75, 3.05) is 6.61 Å². The molecule has 0 aliphatic rings. The van der Waals surface area contributed by atoms with E-state index in [0.717, 1.165) is 21.9 Å². The van der Waals surface area contributed by atoms with Gasteiger partial charge in [-0.05, 0) is 74.6 Å². The quantitative estimate of drug-likeness (QED) is 0.141. The number of halogens is 1. The lowest BCUT2D eigenvalue weighted by Crippen LogP contribution is -2.19. The average molecular weight is 562 g/mol. The zero-order chi connectivity index (χ0) is 26.2. The number of rotatable bonds is 10. The van der Waals surface area contributed by atoms with Gasteiger partial charge in [0.25, 0.3) is 5.69 Å². The van der Waals surface area contributed by atoms with Crippen molar-refractivity contribution in [1.82, 2.24) is 5.43 Å². The lowest BCUT2D eigenvalue weighted by atomic mass is 10.0. The second-order valence-corrected chi connectivity index (χ2v) is 8.94. The van der Waals surface area contributed by atoms with Gasteiger partial charge in [-0.3, -0.25) is 14.9 Å². The molecule has 4 aromatic carbocycles. The number of carbonyl (C=O) groups excluding carboxylic acids is 1. The molecule has 0 atom stereocenters. The summed E-state index contributed by atoms with van der Waals surface area (Å²) in [7, 11) is 0. The standard InChI is InChI=1S/C28H24BrN3O5/c1-2-36-26-15-20(14-25(29)28(26)37-18-19-10-12-23(13-11-19)32(34)35)17-30-31-27(33)16-22-8-5-7-21-6-3-4-9-24(21)22/h3-15,17H,2,16,18H2,1H3,(H,31,33)/b30-17-. The van der Waals surface area contributed by atoms with Gasteiger partial charge in [-0.1, -0.05) is 42.5 Å². The molecule has 0 aliphatic carbocycles. The number of amides is 1. The molecule has 1 amide bonds. The second kappa shape index (κ2) is 12.1. The highest BCUT2D eigenvalue weighted by Gasteiger charge is 2.13. The molecule has 1 N–H and O–H groups in total. The Morgan fingerprint density at radius 3 is 2.57 bits per heavy atom. The van der Waals surface area contributed by atoms with E-state index >= 15 is 0 Å². The van der Waals surface area contributed by atoms with Crippen LogP contribution in [0.15, 0.2) is 88.4 Å². The van der Waals surface area contributed by atoms with Gasteiger partial charge in [0.15, 0.2) is 11.5 Å². The predicted molar refractivity (Wildman–Crippen MR) is 146 cm³/mol. The fourth-order valence-electron chi connectivity index (χ4n) is 3.77. The van der Waals surface area contributed by atoms with E-state index in [0.29, 0.717) is 28.1 Å². The van der Waals surface area contributed by atoms with Crippen LogP contribution in [0.2, 0.25) is 0 Å². The minimum absolute atomic E-state index is 0.0211. The summed E-state index contributed by atoms with van der Waals surface area (Å²) in [6.45, 7) is 2.49. The normalized spacial score (nSPS) is 11.0. The number of benzene rings is 4. The summed E-state index contributed by atoms with van der Waals surface area (Å²) < 4.78 is 12.3. The van der Waals surface area contributed by atoms with E-state index in [4.69, 9.17) is 9.47 Å². The number of hydrazone groups is 1. The van der Waals surface area contributed by atoms with Crippen LogP contribution in [-0.4, -0.2) is 23.7 Å². The molecule has 9 heteroatoms. The molecule has 0 heterocycles. The third-order valence-corrected chi connectivity index (χ3v) is 6.08. The van der Waals surface area contributed by atoms with Crippen LogP contribution in [0.1, 0.15) is 23.6 Å². The SMILES string of the molecule is CCOc1cc(/C=N\NC(=O)Cc2cccc3ccccc23)cc(Br)c1OCc1ccc([N+](=O)[O-])cc1. The van der Waals surface area contributed by atoms with Crippen molar-refractivity contribution in [2.24, 2.45) is 5.10 Å². The predicted octanol–water partition coefficient (Wildman–Crippen LogP) is 6.18. The topological polar surface area (TPSA) is 103 Å². The molecule has 0 unspecified atom stereocenters. The molecule has 188 valence electrons. The van der Waals surface area contributed by atoms with Gasteiger partial charge >= 0.3 is 0 Å². The van der Waals surface area contributed by atoms with Gasteiger partial charge in [0, 0.05) is 12.1 Å². The zero-order valence-corrected chi connectivity index (χ0v) is 21.6. The number of hydrogen-bond acceptors (Lipinski definition) is 6. The Morgan fingerprint density at radius 1 is 1.05 bits per heavy atom. The molecule has 0 bridgehead atoms. The molecule has 0 radical (unpaired) electrons. The monoisotopic (exact) mass is 561 g/mol. The first-order chi connectivity index (χ1) is 17.9. The van der Waals surface area contributed by atoms with E-state index in [1.54, 1.807) is 24.3 Å². The number of nitro groups is 1. The minimum atomic E-state index is -0.444. The highest BCUT2D eigenvalue weighted by atomic mass is 79.9. The molecule has 4 rings (SSSR count). The van der Waals surface area contributed by atoms with Crippen LogP contribution in [-0.2, 0) is 17.8 Å². The van der Waals surface area contributed by atoms with Crippen molar-refractivity contribution in [2.45, 2.75) is 20.0 Å². The van der Waals surface area contributed by atoms with E-state index in [1.807, 2.05) is 49.4 Å². The number of hydrogen-bond donors (Lipinski definition) is 1. The van der Waals surface area contributed by atoms with Crippen LogP contribution in [0.5, 0.6) is 11.5 Å². The Bertz CT molecular complexity index is 1450. The van der Waals surface area contributed by atoms with Crippen molar-refractivity contribution in [3.05, 3.63) is 110 Å². The van der Waals surface area contributed by atoms with Gasteiger partial charge in [-0.2, -0.15) is 5.10 Å². The van der Waals surface area contributed by atoms with Crippen LogP contribution < -0.4 is 14.9 Å². The maximum absolute atomic E-state index is 12.5. The lowest BCUT2D eigenvalue weighted by molar-refractivity contribution is -0.384. The number of nitro benzene ring substituents is 1. The molecular formula is C28H24BrN3O5. The summed E-state index contributed by atoms with van der Waals surface area (Å²) in [5, 5.41) is 17.1. The Morgan fingerprint density at radius 2 is 1.81 bits per heavy atom. The van der Waals surface area contributed by atoms with Gasteiger partial charge in [0.2, 0.25) is 5.91 Å².